The summed E-state index contributed by atoms with van der Waals surface area (Å²) in [4.78, 5) is 0. The number of aliphatic hydroxyl groups excluding tert-OH is 2. The second kappa shape index (κ2) is 3.46. The van der Waals surface area contributed by atoms with Gasteiger partial charge in [0.15, 0.2) is 0 Å². The molecule has 16 heavy (non-hydrogen) atoms. The van der Waals surface area contributed by atoms with Gasteiger partial charge in [-0.25, -0.2) is 0 Å². The van der Waals surface area contributed by atoms with Crippen molar-refractivity contribution in [1.82, 2.24) is 0 Å². The van der Waals surface area contributed by atoms with Gasteiger partial charge >= 0.3 is 0 Å². The number of rotatable bonds is 0. The van der Waals surface area contributed by atoms with Crippen LogP contribution in [0.4, 0.5) is 0 Å². The summed E-state index contributed by atoms with van der Waals surface area (Å²) in [6, 6.07) is 0. The Balaban J connectivity index is 2.45. The van der Waals surface area contributed by atoms with E-state index in [4.69, 9.17) is 0 Å². The number of hydrogen-bond acceptors (Lipinski definition) is 2. The number of hydrogen-bond donors (Lipinski definition) is 2. The van der Waals surface area contributed by atoms with E-state index in [2.05, 4.69) is 27.7 Å². The maximum Gasteiger partial charge on any atom is 0.0599 e. The molecule has 2 rings (SSSR count). The lowest BCUT2D eigenvalue weighted by Crippen LogP contribution is -2.62. The van der Waals surface area contributed by atoms with Crippen LogP contribution in [0.5, 0.6) is 0 Å². The van der Waals surface area contributed by atoms with E-state index in [-0.39, 0.29) is 28.5 Å². The van der Waals surface area contributed by atoms with E-state index in [9.17, 15) is 10.2 Å². The lowest BCUT2D eigenvalue weighted by atomic mass is 9.41. The molecule has 0 bridgehead atoms. The molecular weight excluding hydrogens is 200 g/mol. The zero-order chi connectivity index (χ0) is 12.2. The van der Waals surface area contributed by atoms with Crippen LogP contribution in [0.1, 0.15) is 59.8 Å². The summed E-state index contributed by atoms with van der Waals surface area (Å²) in [5, 5.41) is 20.6. The van der Waals surface area contributed by atoms with Gasteiger partial charge in [0, 0.05) is 0 Å². The van der Waals surface area contributed by atoms with Crippen molar-refractivity contribution in [1.29, 1.82) is 0 Å². The first kappa shape index (κ1) is 12.4. The van der Waals surface area contributed by atoms with Crippen molar-refractivity contribution < 1.29 is 10.2 Å². The Labute approximate surface area is 99.1 Å². The van der Waals surface area contributed by atoms with Gasteiger partial charge in [0.05, 0.1) is 12.2 Å². The number of fused-ring (bicyclic) bond motifs is 1. The largest absolute Gasteiger partial charge is 0.393 e. The summed E-state index contributed by atoms with van der Waals surface area (Å²) in [5.41, 5.74) is -0.0648. The second-order valence-electron chi connectivity index (χ2n) is 6.93. The molecule has 2 N–H and O–H groups in total. The standard InChI is InChI=1S/C14H26O2/c1-12(2)10(15)7-9-13(3)11(16)6-5-8-14(12,13)4/h10-11,15-16H,5-9H2,1-4H3/t10-,11+,13+,14-/m1/s1. The lowest BCUT2D eigenvalue weighted by Gasteiger charge is -2.64. The Kier molecular flexibility index (Phi) is 2.67. The minimum Gasteiger partial charge on any atom is -0.393 e. The summed E-state index contributed by atoms with van der Waals surface area (Å²) >= 11 is 0. The first-order valence-corrected chi connectivity index (χ1v) is 6.62. The molecule has 0 spiro atoms. The molecule has 0 aromatic heterocycles. The lowest BCUT2D eigenvalue weighted by molar-refractivity contribution is -0.216. The molecular formula is C14H26O2. The average Bonchev–Trinajstić information content (AvgIpc) is 2.20. The SMILES string of the molecule is CC1(C)[C@H](O)CC[C@@]2(C)[C@@H](O)CCC[C@]12C. The highest BCUT2D eigenvalue weighted by Gasteiger charge is 2.62. The normalized spacial score (nSPS) is 52.1. The molecule has 0 aromatic rings. The van der Waals surface area contributed by atoms with Crippen LogP contribution >= 0.6 is 0 Å². The van der Waals surface area contributed by atoms with Crippen LogP contribution in [0, 0.1) is 16.2 Å². The molecule has 0 saturated heterocycles. The smallest absolute Gasteiger partial charge is 0.0599 e. The fourth-order valence-corrected chi connectivity index (χ4v) is 4.29. The quantitative estimate of drug-likeness (QED) is 0.667. The van der Waals surface area contributed by atoms with Crippen LogP contribution in [-0.2, 0) is 0 Å². The first-order chi connectivity index (χ1) is 7.26. The Hall–Kier alpha value is -0.0800. The summed E-state index contributed by atoms with van der Waals surface area (Å²) in [6.07, 6.45) is 4.51. The molecule has 2 fully saturated rings. The summed E-state index contributed by atoms with van der Waals surface area (Å²) in [5.74, 6) is 0. The van der Waals surface area contributed by atoms with Gasteiger partial charge in [-0.15, -0.1) is 0 Å². The van der Waals surface area contributed by atoms with Gasteiger partial charge in [-0.3, -0.25) is 0 Å². The molecule has 0 amide bonds. The highest BCUT2D eigenvalue weighted by atomic mass is 16.3. The summed E-state index contributed by atoms with van der Waals surface area (Å²) < 4.78 is 0. The average molecular weight is 226 g/mol. The van der Waals surface area contributed by atoms with Crippen LogP contribution < -0.4 is 0 Å². The van der Waals surface area contributed by atoms with Gasteiger partial charge in [-0.2, -0.15) is 0 Å². The molecule has 0 aliphatic heterocycles. The van der Waals surface area contributed by atoms with E-state index in [1.54, 1.807) is 0 Å². The maximum atomic E-state index is 10.4. The highest BCUT2D eigenvalue weighted by molar-refractivity contribution is 5.11. The zero-order valence-electron chi connectivity index (χ0n) is 11.1. The van der Waals surface area contributed by atoms with Gasteiger partial charge in [0.25, 0.3) is 0 Å². The van der Waals surface area contributed by atoms with E-state index in [1.165, 1.54) is 0 Å². The molecule has 2 aliphatic rings. The van der Waals surface area contributed by atoms with Crippen molar-refractivity contribution >= 4 is 0 Å². The molecule has 0 unspecified atom stereocenters. The molecule has 2 aliphatic carbocycles. The fraction of sp³-hybridized carbons (Fsp3) is 1.00. The van der Waals surface area contributed by atoms with Crippen LogP contribution in [0.3, 0.4) is 0 Å². The third-order valence-corrected chi connectivity index (χ3v) is 6.34. The monoisotopic (exact) mass is 226 g/mol. The Bertz CT molecular complexity index is 286. The van der Waals surface area contributed by atoms with E-state index >= 15 is 0 Å². The van der Waals surface area contributed by atoms with E-state index in [1.807, 2.05) is 0 Å². The van der Waals surface area contributed by atoms with Crippen LogP contribution in [0.15, 0.2) is 0 Å². The summed E-state index contributed by atoms with van der Waals surface area (Å²) in [7, 11) is 0. The maximum absolute atomic E-state index is 10.4. The minimum absolute atomic E-state index is 0.0199. The van der Waals surface area contributed by atoms with Gasteiger partial charge < -0.3 is 10.2 Å². The highest BCUT2D eigenvalue weighted by Crippen LogP contribution is 2.65. The second-order valence-corrected chi connectivity index (χ2v) is 6.93. The number of aliphatic hydroxyl groups is 2. The summed E-state index contributed by atoms with van der Waals surface area (Å²) in [6.45, 7) is 8.85. The third kappa shape index (κ3) is 1.26. The Morgan fingerprint density at radius 3 is 2.12 bits per heavy atom. The van der Waals surface area contributed by atoms with Crippen molar-refractivity contribution in [2.75, 3.05) is 0 Å². The molecule has 0 radical (unpaired) electrons. The molecule has 0 heterocycles. The molecule has 4 atom stereocenters. The predicted molar refractivity (Wildman–Crippen MR) is 65.1 cm³/mol. The van der Waals surface area contributed by atoms with E-state index in [0.29, 0.717) is 0 Å². The Morgan fingerprint density at radius 1 is 0.875 bits per heavy atom. The minimum atomic E-state index is -0.226. The van der Waals surface area contributed by atoms with Gasteiger partial charge in [-0.1, -0.05) is 34.1 Å². The van der Waals surface area contributed by atoms with Crippen molar-refractivity contribution in [2.24, 2.45) is 16.2 Å². The van der Waals surface area contributed by atoms with Crippen molar-refractivity contribution in [3.63, 3.8) is 0 Å². The first-order valence-electron chi connectivity index (χ1n) is 6.62. The molecule has 0 aromatic carbocycles. The van der Waals surface area contributed by atoms with Gasteiger partial charge in [-0.05, 0) is 41.9 Å². The zero-order valence-corrected chi connectivity index (χ0v) is 11.1. The van der Waals surface area contributed by atoms with Crippen LogP contribution in [-0.4, -0.2) is 22.4 Å². The van der Waals surface area contributed by atoms with E-state index < -0.39 is 0 Å². The van der Waals surface area contributed by atoms with Gasteiger partial charge in [0.1, 0.15) is 0 Å². The van der Waals surface area contributed by atoms with Crippen molar-refractivity contribution in [2.45, 2.75) is 72.0 Å². The van der Waals surface area contributed by atoms with Crippen molar-refractivity contribution in [3.05, 3.63) is 0 Å². The molecule has 94 valence electrons. The molecule has 2 heteroatoms. The van der Waals surface area contributed by atoms with Crippen molar-refractivity contribution in [3.8, 4) is 0 Å². The predicted octanol–water partition coefficient (Wildman–Crippen LogP) is 2.72. The molecule has 2 nitrogen and oxygen atoms in total. The topological polar surface area (TPSA) is 40.5 Å². The third-order valence-electron chi connectivity index (χ3n) is 6.34. The van der Waals surface area contributed by atoms with E-state index in [0.717, 1.165) is 32.1 Å². The van der Waals surface area contributed by atoms with Crippen LogP contribution in [0.2, 0.25) is 0 Å². The fourth-order valence-electron chi connectivity index (χ4n) is 4.29. The molecule has 2 saturated carbocycles. The van der Waals surface area contributed by atoms with Gasteiger partial charge in [0.2, 0.25) is 0 Å². The van der Waals surface area contributed by atoms with Crippen LogP contribution in [0.25, 0.3) is 0 Å². The Morgan fingerprint density at radius 2 is 1.50 bits per heavy atom.